The van der Waals surface area contributed by atoms with E-state index in [1.807, 2.05) is 0 Å². The smallest absolute Gasteiger partial charge is 0.549 e. The van der Waals surface area contributed by atoms with Crippen molar-refractivity contribution in [1.29, 1.82) is 0 Å². The average molecular weight is 288 g/mol. The number of hydrogen-bond donors (Lipinski definition) is 1. The molecule has 1 atom stereocenters. The molecule has 0 aromatic heterocycles. The van der Waals surface area contributed by atoms with Crippen LogP contribution in [0, 0.1) is 0 Å². The van der Waals surface area contributed by atoms with Gasteiger partial charge in [0.15, 0.2) is 0 Å². The summed E-state index contributed by atoms with van der Waals surface area (Å²) >= 11 is 0. The Labute approximate surface area is 131 Å². The zero-order valence-electron chi connectivity index (χ0n) is 11.4. The van der Waals surface area contributed by atoms with E-state index in [0.29, 0.717) is 6.42 Å². The van der Waals surface area contributed by atoms with Crippen molar-refractivity contribution in [3.8, 4) is 0 Å². The molecule has 0 saturated carbocycles. The first kappa shape index (κ1) is 20.9. The van der Waals surface area contributed by atoms with Crippen LogP contribution in [0.2, 0.25) is 0 Å². The minimum absolute atomic E-state index is 0. The first-order chi connectivity index (χ1) is 7.98. The van der Waals surface area contributed by atoms with Gasteiger partial charge in [-0.25, -0.2) is 0 Å². The average Bonchev–Trinajstić information content (AvgIpc) is 2.20. The quantitative estimate of drug-likeness (QED) is 0.290. The zero-order chi connectivity index (χ0) is 13.1. The van der Waals surface area contributed by atoms with Gasteiger partial charge in [0.2, 0.25) is 0 Å². The van der Waals surface area contributed by atoms with Crippen molar-refractivity contribution < 1.29 is 53.4 Å². The molecule has 18 heavy (non-hydrogen) atoms. The molecular weight excluding hydrogens is 266 g/mol. The van der Waals surface area contributed by atoms with E-state index in [1.165, 1.54) is 25.7 Å². The van der Waals surface area contributed by atoms with Crippen LogP contribution in [0.25, 0.3) is 0 Å². The predicted octanol–water partition coefficient (Wildman–Crippen LogP) is -1.31. The Morgan fingerprint density at radius 1 is 1.17 bits per heavy atom. The number of aliphatic carboxylic acids is 1. The summed E-state index contributed by atoms with van der Waals surface area (Å²) in [6, 6.07) is 0. The topological polar surface area (TPSA) is 86.7 Å². The third-order valence-electron chi connectivity index (χ3n) is 2.37. The summed E-state index contributed by atoms with van der Waals surface area (Å²) in [5, 5.41) is 10.1. The monoisotopic (exact) mass is 288 g/mol. The van der Waals surface area contributed by atoms with E-state index in [9.17, 15) is 14.5 Å². The number of carboxylic acid groups (broad SMARTS) is 1. The van der Waals surface area contributed by atoms with Gasteiger partial charge in [0.1, 0.15) is 0 Å². The van der Waals surface area contributed by atoms with Crippen LogP contribution in [0.1, 0.15) is 51.9 Å². The zero-order valence-corrected chi connectivity index (χ0v) is 14.3. The minimum atomic E-state index is -3.98. The van der Waals surface area contributed by atoms with Crippen molar-refractivity contribution >= 4 is 13.6 Å². The van der Waals surface area contributed by atoms with Crippen LogP contribution in [0.4, 0.5) is 0 Å². The first-order valence-electron chi connectivity index (χ1n) is 6.14. The maximum atomic E-state index is 11.1. The van der Waals surface area contributed by atoms with Crippen molar-refractivity contribution in [2.75, 3.05) is 12.8 Å². The Morgan fingerprint density at radius 3 is 2.17 bits per heavy atom. The summed E-state index contributed by atoms with van der Waals surface area (Å²) in [6.45, 7) is 2.29. The molecule has 0 saturated heterocycles. The molecule has 0 amide bonds. The summed E-state index contributed by atoms with van der Waals surface area (Å²) in [4.78, 5) is 19.2. The Hall–Kier alpha value is 0.620. The van der Waals surface area contributed by atoms with E-state index in [2.05, 4.69) is 11.4 Å². The van der Waals surface area contributed by atoms with Gasteiger partial charge in [0.25, 0.3) is 0 Å². The van der Waals surface area contributed by atoms with Gasteiger partial charge in [-0.2, -0.15) is 0 Å². The summed E-state index contributed by atoms with van der Waals surface area (Å²) in [7, 11) is -3.98. The fourth-order valence-electron chi connectivity index (χ4n) is 1.48. The molecule has 0 aliphatic heterocycles. The van der Waals surface area contributed by atoms with E-state index < -0.39 is 19.7 Å². The molecule has 0 aromatic rings. The fraction of sp³-hybridized carbons (Fsp3) is 0.909. The fourth-order valence-corrected chi connectivity index (χ4v) is 2.31. The van der Waals surface area contributed by atoms with Crippen LogP contribution in [-0.2, 0) is 13.9 Å². The molecule has 0 bridgehead atoms. The van der Waals surface area contributed by atoms with Crippen molar-refractivity contribution in [2.45, 2.75) is 51.9 Å². The van der Waals surface area contributed by atoms with Crippen molar-refractivity contribution in [3.63, 3.8) is 0 Å². The summed E-state index contributed by atoms with van der Waals surface area (Å²) in [5.74, 6) is -1.56. The number of hydrogen-bond acceptors (Lipinski definition) is 4. The van der Waals surface area contributed by atoms with Gasteiger partial charge < -0.3 is 19.3 Å². The van der Waals surface area contributed by atoms with Gasteiger partial charge in [0, 0.05) is 0 Å². The largest absolute Gasteiger partial charge is 1.00 e. The molecule has 102 valence electrons. The van der Waals surface area contributed by atoms with Crippen LogP contribution in [0.15, 0.2) is 0 Å². The number of carbonyl (C=O) groups excluding carboxylic acids is 1. The van der Waals surface area contributed by atoms with Crippen LogP contribution in [0.5, 0.6) is 0 Å². The standard InChI is InChI=1S/C11H23O5P.Na/c1-2-3-4-5-6-7-8-9-16-17(14,15)10-11(12)13;/h2-10H2,1H3,(H,12,13)(H,14,15);/q;+1/p-1. The normalized spacial score (nSPS) is 13.7. The van der Waals surface area contributed by atoms with Crippen molar-refractivity contribution in [1.82, 2.24) is 0 Å². The molecule has 0 aliphatic carbocycles. The molecule has 0 aromatic carbocycles. The van der Waals surface area contributed by atoms with Gasteiger partial charge in [-0.05, 0) is 6.42 Å². The molecule has 0 aliphatic rings. The van der Waals surface area contributed by atoms with Gasteiger partial charge >= 0.3 is 37.2 Å². The molecule has 0 spiro atoms. The number of unbranched alkanes of at least 4 members (excludes halogenated alkanes) is 6. The third-order valence-corrected chi connectivity index (χ3v) is 3.61. The second kappa shape index (κ2) is 12.6. The maximum absolute atomic E-state index is 11.1. The molecule has 1 unspecified atom stereocenters. The Kier molecular flexibility index (Phi) is 14.7. The molecule has 0 heterocycles. The second-order valence-corrected chi connectivity index (χ2v) is 5.97. The first-order valence-corrected chi connectivity index (χ1v) is 7.90. The minimum Gasteiger partial charge on any atom is -0.549 e. The molecule has 7 heteroatoms. The summed E-state index contributed by atoms with van der Waals surface area (Å²) in [5.41, 5.74) is 0. The third kappa shape index (κ3) is 14.7. The summed E-state index contributed by atoms with van der Waals surface area (Å²) < 4.78 is 15.8. The van der Waals surface area contributed by atoms with Crippen molar-refractivity contribution in [3.05, 3.63) is 0 Å². The van der Waals surface area contributed by atoms with Gasteiger partial charge in [-0.1, -0.05) is 45.4 Å². The molecule has 1 N–H and O–H groups in total. The van der Waals surface area contributed by atoms with Crippen LogP contribution in [-0.4, -0.2) is 23.6 Å². The maximum Gasteiger partial charge on any atom is 1.00 e. The molecule has 0 rings (SSSR count). The molecule has 0 fully saturated rings. The molecule has 5 nitrogen and oxygen atoms in total. The van der Waals surface area contributed by atoms with Gasteiger partial charge in [-0.15, -0.1) is 0 Å². The SMILES string of the molecule is CCCCCCCCCOP(=O)(O)CC(=O)[O-].[Na+]. The van der Waals surface area contributed by atoms with Crippen LogP contribution in [0.3, 0.4) is 0 Å². The van der Waals surface area contributed by atoms with Crippen LogP contribution >= 0.6 is 7.60 Å². The Bertz CT molecular complexity index is 260. The van der Waals surface area contributed by atoms with Gasteiger partial charge in [-0.3, -0.25) is 4.57 Å². The number of carbonyl (C=O) groups is 1. The Morgan fingerprint density at radius 2 is 1.67 bits per heavy atom. The van der Waals surface area contributed by atoms with Crippen molar-refractivity contribution in [2.24, 2.45) is 0 Å². The van der Waals surface area contributed by atoms with E-state index in [-0.39, 0.29) is 36.2 Å². The van der Waals surface area contributed by atoms with E-state index >= 15 is 0 Å². The van der Waals surface area contributed by atoms with Crippen LogP contribution < -0.4 is 34.7 Å². The molecule has 0 radical (unpaired) electrons. The summed E-state index contributed by atoms with van der Waals surface area (Å²) in [6.07, 6.45) is 6.63. The number of carboxylic acids is 1. The Balaban J connectivity index is 0. The van der Waals surface area contributed by atoms with E-state index in [1.54, 1.807) is 0 Å². The molecular formula is C11H22NaO5P. The van der Waals surface area contributed by atoms with E-state index in [0.717, 1.165) is 12.8 Å². The number of rotatable bonds is 11. The predicted molar refractivity (Wildman–Crippen MR) is 63.6 cm³/mol. The van der Waals surface area contributed by atoms with E-state index in [4.69, 9.17) is 4.89 Å². The second-order valence-electron chi connectivity index (χ2n) is 4.12. The van der Waals surface area contributed by atoms with Gasteiger partial charge in [0.05, 0.1) is 18.7 Å².